The van der Waals surface area contributed by atoms with E-state index in [1.165, 1.54) is 13.8 Å². The molecule has 0 saturated heterocycles. The average molecular weight is 361 g/mol. The number of hydrogen-bond acceptors (Lipinski definition) is 7. The standard InChI is InChI=1S/C16H27NO6S/c1-11(18)6-5-7-13(20)14(21)16(3,4)10-23-15(22)17-8-9-24-12(2)19/h14,21H,5-10H2,1-4H3,(H,17,22)/t14-/m0/s1. The van der Waals surface area contributed by atoms with Gasteiger partial charge in [-0.1, -0.05) is 25.6 Å². The third kappa shape index (κ3) is 10.4. The van der Waals surface area contributed by atoms with Crippen LogP contribution in [-0.4, -0.2) is 52.9 Å². The van der Waals surface area contributed by atoms with Crippen LogP contribution in [0, 0.1) is 5.41 Å². The van der Waals surface area contributed by atoms with Crippen LogP contribution in [-0.2, 0) is 19.1 Å². The van der Waals surface area contributed by atoms with E-state index in [1.54, 1.807) is 13.8 Å². The van der Waals surface area contributed by atoms with Crippen LogP contribution in [0.4, 0.5) is 4.79 Å². The Morgan fingerprint density at radius 1 is 1.17 bits per heavy atom. The van der Waals surface area contributed by atoms with Gasteiger partial charge in [-0.15, -0.1) is 0 Å². The van der Waals surface area contributed by atoms with E-state index in [-0.39, 0.29) is 36.3 Å². The average Bonchev–Trinajstić information content (AvgIpc) is 2.48. The van der Waals surface area contributed by atoms with Gasteiger partial charge in [0.1, 0.15) is 18.5 Å². The van der Waals surface area contributed by atoms with E-state index in [0.717, 1.165) is 11.8 Å². The first kappa shape index (κ1) is 22.6. The van der Waals surface area contributed by atoms with Crippen LogP contribution in [0.5, 0.6) is 0 Å². The lowest BCUT2D eigenvalue weighted by molar-refractivity contribution is -0.135. The lowest BCUT2D eigenvalue weighted by atomic mass is 9.84. The van der Waals surface area contributed by atoms with E-state index in [0.29, 0.717) is 18.6 Å². The zero-order valence-electron chi connectivity index (χ0n) is 14.7. The number of carbonyl (C=O) groups excluding carboxylic acids is 4. The van der Waals surface area contributed by atoms with Gasteiger partial charge in [-0.05, 0) is 13.3 Å². The summed E-state index contributed by atoms with van der Waals surface area (Å²) in [7, 11) is 0. The molecule has 0 radical (unpaired) electrons. The lowest BCUT2D eigenvalue weighted by Gasteiger charge is -2.28. The molecule has 1 amide bonds. The Balaban J connectivity index is 4.16. The first-order chi connectivity index (χ1) is 11.1. The Morgan fingerprint density at radius 3 is 2.33 bits per heavy atom. The molecule has 24 heavy (non-hydrogen) atoms. The fourth-order valence-corrected chi connectivity index (χ4v) is 2.31. The minimum absolute atomic E-state index is 0.000472. The van der Waals surface area contributed by atoms with Crippen molar-refractivity contribution in [1.82, 2.24) is 5.32 Å². The number of nitrogens with one attached hydrogen (secondary N) is 1. The van der Waals surface area contributed by atoms with Crippen molar-refractivity contribution < 1.29 is 29.0 Å². The molecule has 0 aromatic carbocycles. The van der Waals surface area contributed by atoms with Crippen molar-refractivity contribution in [3.8, 4) is 0 Å². The maximum Gasteiger partial charge on any atom is 0.407 e. The predicted octanol–water partition coefficient (Wildman–Crippen LogP) is 1.71. The lowest BCUT2D eigenvalue weighted by Crippen LogP contribution is -2.41. The van der Waals surface area contributed by atoms with Gasteiger partial charge in [0.25, 0.3) is 0 Å². The van der Waals surface area contributed by atoms with Crippen molar-refractivity contribution in [2.45, 2.75) is 53.1 Å². The second-order valence-corrected chi connectivity index (χ2v) is 7.53. The fraction of sp³-hybridized carbons (Fsp3) is 0.750. The van der Waals surface area contributed by atoms with E-state index in [1.807, 2.05) is 0 Å². The Bertz CT molecular complexity index is 463. The molecule has 8 heteroatoms. The van der Waals surface area contributed by atoms with Gasteiger partial charge < -0.3 is 20.0 Å². The summed E-state index contributed by atoms with van der Waals surface area (Å²) in [5.41, 5.74) is -0.932. The number of thioether (sulfide) groups is 1. The maximum atomic E-state index is 11.9. The van der Waals surface area contributed by atoms with Gasteiger partial charge in [-0.3, -0.25) is 9.59 Å². The summed E-state index contributed by atoms with van der Waals surface area (Å²) in [6.07, 6.45) is -1.13. The highest BCUT2D eigenvalue weighted by Crippen LogP contribution is 2.23. The third-order valence-corrected chi connectivity index (χ3v) is 4.06. The first-order valence-corrected chi connectivity index (χ1v) is 8.79. The quantitative estimate of drug-likeness (QED) is 0.539. The number of aliphatic hydroxyl groups excluding tert-OH is 1. The Kier molecular flexibility index (Phi) is 10.5. The number of hydrogen-bond donors (Lipinski definition) is 2. The molecule has 7 nitrogen and oxygen atoms in total. The number of alkyl carbamates (subject to hydrolysis) is 1. The van der Waals surface area contributed by atoms with Crippen LogP contribution in [0.2, 0.25) is 0 Å². The predicted molar refractivity (Wildman–Crippen MR) is 91.8 cm³/mol. The Labute approximate surface area is 146 Å². The number of carbonyl (C=O) groups is 4. The van der Waals surface area contributed by atoms with Crippen LogP contribution in [0.15, 0.2) is 0 Å². The number of ketones is 2. The molecule has 0 heterocycles. The molecule has 0 unspecified atom stereocenters. The number of rotatable bonds is 11. The van der Waals surface area contributed by atoms with E-state index in [9.17, 15) is 24.3 Å². The van der Waals surface area contributed by atoms with Crippen LogP contribution in [0.1, 0.15) is 47.0 Å². The summed E-state index contributed by atoms with van der Waals surface area (Å²) in [4.78, 5) is 45.1. The number of aliphatic hydroxyl groups is 1. The summed E-state index contributed by atoms with van der Waals surface area (Å²) in [6.45, 7) is 6.31. The number of ether oxygens (including phenoxy) is 1. The molecule has 0 aliphatic carbocycles. The van der Waals surface area contributed by atoms with E-state index >= 15 is 0 Å². The molecule has 0 aromatic heterocycles. The zero-order chi connectivity index (χ0) is 18.8. The minimum atomic E-state index is -1.27. The molecule has 0 fully saturated rings. The van der Waals surface area contributed by atoms with E-state index < -0.39 is 17.6 Å². The van der Waals surface area contributed by atoms with Crippen molar-refractivity contribution in [3.05, 3.63) is 0 Å². The van der Waals surface area contributed by atoms with Gasteiger partial charge in [0.05, 0.1) is 0 Å². The van der Waals surface area contributed by atoms with Crippen molar-refractivity contribution in [1.29, 1.82) is 0 Å². The maximum absolute atomic E-state index is 11.9. The zero-order valence-corrected chi connectivity index (χ0v) is 15.5. The van der Waals surface area contributed by atoms with Gasteiger partial charge in [0.2, 0.25) is 0 Å². The van der Waals surface area contributed by atoms with Gasteiger partial charge >= 0.3 is 6.09 Å². The molecule has 2 N–H and O–H groups in total. The molecule has 138 valence electrons. The SMILES string of the molecule is CC(=O)CCCC(=O)[C@H](O)C(C)(C)COC(=O)NCCSC(C)=O. The van der Waals surface area contributed by atoms with Crippen molar-refractivity contribution in [2.24, 2.45) is 5.41 Å². The molecule has 0 aliphatic rings. The topological polar surface area (TPSA) is 110 Å². The Morgan fingerprint density at radius 2 is 1.79 bits per heavy atom. The van der Waals surface area contributed by atoms with Gasteiger partial charge in [0, 0.05) is 37.5 Å². The Hall–Kier alpha value is -1.41. The number of Topliss-reactive ketones (excluding diaryl/α,β-unsaturated/α-hetero) is 2. The molecule has 0 saturated carbocycles. The van der Waals surface area contributed by atoms with Crippen LogP contribution in [0.25, 0.3) is 0 Å². The van der Waals surface area contributed by atoms with E-state index in [4.69, 9.17) is 4.74 Å². The molecule has 0 aliphatic heterocycles. The smallest absolute Gasteiger partial charge is 0.407 e. The van der Waals surface area contributed by atoms with E-state index in [2.05, 4.69) is 5.32 Å². The highest BCUT2D eigenvalue weighted by Gasteiger charge is 2.34. The van der Waals surface area contributed by atoms with Crippen molar-refractivity contribution in [2.75, 3.05) is 18.9 Å². The highest BCUT2D eigenvalue weighted by atomic mass is 32.2. The van der Waals surface area contributed by atoms with Crippen LogP contribution < -0.4 is 5.32 Å². The summed E-state index contributed by atoms with van der Waals surface area (Å²) < 4.78 is 5.02. The first-order valence-electron chi connectivity index (χ1n) is 7.80. The third-order valence-electron chi connectivity index (χ3n) is 3.25. The van der Waals surface area contributed by atoms with Gasteiger partial charge in [-0.25, -0.2) is 4.79 Å². The second-order valence-electron chi connectivity index (χ2n) is 6.26. The molecule has 0 bridgehead atoms. The molecule has 0 spiro atoms. The van der Waals surface area contributed by atoms with Crippen molar-refractivity contribution >= 4 is 34.5 Å². The molecule has 0 rings (SSSR count). The number of amides is 1. The monoisotopic (exact) mass is 361 g/mol. The molecule has 0 aromatic rings. The summed E-state index contributed by atoms with van der Waals surface area (Å²) in [6, 6.07) is 0. The summed E-state index contributed by atoms with van der Waals surface area (Å²) in [5.74, 6) is 0.0769. The normalized spacial score (nSPS) is 12.4. The fourth-order valence-electron chi connectivity index (χ4n) is 1.81. The van der Waals surface area contributed by atoms with Gasteiger partial charge in [-0.2, -0.15) is 0 Å². The summed E-state index contributed by atoms with van der Waals surface area (Å²) in [5, 5.41) is 12.6. The van der Waals surface area contributed by atoms with Crippen LogP contribution >= 0.6 is 11.8 Å². The van der Waals surface area contributed by atoms with Crippen LogP contribution in [0.3, 0.4) is 0 Å². The molecule has 1 atom stereocenters. The largest absolute Gasteiger partial charge is 0.449 e. The minimum Gasteiger partial charge on any atom is -0.449 e. The molecular weight excluding hydrogens is 334 g/mol. The summed E-state index contributed by atoms with van der Waals surface area (Å²) >= 11 is 1.10. The molecular formula is C16H27NO6S. The highest BCUT2D eigenvalue weighted by molar-refractivity contribution is 8.13. The van der Waals surface area contributed by atoms with Crippen molar-refractivity contribution in [3.63, 3.8) is 0 Å². The van der Waals surface area contributed by atoms with Gasteiger partial charge in [0.15, 0.2) is 10.9 Å². The second kappa shape index (κ2) is 11.2.